The molecule has 3 rings (SSSR count). The molecule has 21 heavy (non-hydrogen) atoms. The second kappa shape index (κ2) is 6.81. The van der Waals surface area contributed by atoms with Crippen LogP contribution in [0.5, 0.6) is 0 Å². The van der Waals surface area contributed by atoms with E-state index in [9.17, 15) is 4.79 Å². The molecule has 1 aromatic rings. The molecule has 2 aliphatic heterocycles. The fraction of sp³-hybridized carbons (Fsp3) is 0.667. The van der Waals surface area contributed by atoms with E-state index in [1.54, 1.807) is 18.4 Å². The van der Waals surface area contributed by atoms with Crippen LogP contribution in [0.3, 0.4) is 0 Å². The Morgan fingerprint density at radius 1 is 1.38 bits per heavy atom. The Labute approximate surface area is 132 Å². The number of nitrogens with zero attached hydrogens (tertiary/aromatic N) is 2. The molecule has 0 saturated carbocycles. The van der Waals surface area contributed by atoms with Gasteiger partial charge in [0.15, 0.2) is 5.76 Å². The number of rotatable bonds is 3. The number of hydrogen-bond donors (Lipinski definition) is 1. The molecule has 0 radical (unpaired) electrons. The maximum atomic E-state index is 12.2. The van der Waals surface area contributed by atoms with Gasteiger partial charge in [-0.15, -0.1) is 12.4 Å². The lowest BCUT2D eigenvalue weighted by Gasteiger charge is -2.38. The molecule has 3 heterocycles. The summed E-state index contributed by atoms with van der Waals surface area (Å²) < 4.78 is 5.19. The fourth-order valence-corrected chi connectivity index (χ4v) is 3.21. The Balaban J connectivity index is 0.00000161. The summed E-state index contributed by atoms with van der Waals surface area (Å²) in [5, 5.41) is 3.44. The summed E-state index contributed by atoms with van der Waals surface area (Å²) >= 11 is 0. The normalized spacial score (nSPS) is 26.6. The molecule has 0 aromatic carbocycles. The predicted molar refractivity (Wildman–Crippen MR) is 83.9 cm³/mol. The average molecular weight is 314 g/mol. The van der Waals surface area contributed by atoms with Crippen molar-refractivity contribution in [1.29, 1.82) is 0 Å². The molecule has 1 atom stereocenters. The zero-order chi connectivity index (χ0) is 14.0. The molecule has 0 bridgehead atoms. The molecule has 2 fully saturated rings. The van der Waals surface area contributed by atoms with Gasteiger partial charge in [0, 0.05) is 39.3 Å². The van der Waals surface area contributed by atoms with Crippen LogP contribution in [0.1, 0.15) is 23.9 Å². The minimum atomic E-state index is 0. The molecular formula is C15H24ClN3O2. The van der Waals surface area contributed by atoms with Crippen molar-refractivity contribution >= 4 is 18.3 Å². The smallest absolute Gasteiger partial charge is 0.289 e. The Bertz CT molecular complexity index is 449. The lowest BCUT2D eigenvalue weighted by molar-refractivity contribution is 0.0553. The number of hydrogen-bond acceptors (Lipinski definition) is 4. The first-order chi connectivity index (χ1) is 9.66. The highest BCUT2D eigenvalue weighted by Crippen LogP contribution is 2.26. The van der Waals surface area contributed by atoms with Gasteiger partial charge in [0.1, 0.15) is 0 Å². The van der Waals surface area contributed by atoms with Crippen molar-refractivity contribution in [2.24, 2.45) is 5.41 Å². The first-order valence-corrected chi connectivity index (χ1v) is 7.42. The fourth-order valence-electron chi connectivity index (χ4n) is 3.21. The highest BCUT2D eigenvalue weighted by molar-refractivity contribution is 5.91. The third-order valence-corrected chi connectivity index (χ3v) is 4.45. The predicted octanol–water partition coefficient (Wildman–Crippen LogP) is 1.46. The summed E-state index contributed by atoms with van der Waals surface area (Å²) in [6, 6.07) is 3.50. The number of amides is 1. The van der Waals surface area contributed by atoms with Crippen molar-refractivity contribution in [2.75, 3.05) is 45.8 Å². The van der Waals surface area contributed by atoms with Gasteiger partial charge in [0.25, 0.3) is 5.91 Å². The maximum Gasteiger partial charge on any atom is 0.289 e. The van der Waals surface area contributed by atoms with E-state index in [2.05, 4.69) is 17.1 Å². The Morgan fingerprint density at radius 2 is 2.14 bits per heavy atom. The van der Waals surface area contributed by atoms with Gasteiger partial charge >= 0.3 is 0 Å². The summed E-state index contributed by atoms with van der Waals surface area (Å²) in [5.74, 6) is 0.466. The molecule has 0 spiro atoms. The minimum absolute atomic E-state index is 0. The Morgan fingerprint density at radius 3 is 2.71 bits per heavy atom. The van der Waals surface area contributed by atoms with Crippen LogP contribution in [0.2, 0.25) is 0 Å². The summed E-state index contributed by atoms with van der Waals surface area (Å²) in [6.45, 7) is 9.23. The number of carbonyl (C=O) groups excluding carboxylic acids is 1. The van der Waals surface area contributed by atoms with Gasteiger partial charge in [-0.3, -0.25) is 9.69 Å². The van der Waals surface area contributed by atoms with Gasteiger partial charge in [-0.05, 0) is 30.5 Å². The zero-order valence-electron chi connectivity index (χ0n) is 12.5. The molecule has 2 aliphatic rings. The highest BCUT2D eigenvalue weighted by Gasteiger charge is 2.32. The van der Waals surface area contributed by atoms with Gasteiger partial charge in [-0.1, -0.05) is 6.92 Å². The van der Waals surface area contributed by atoms with E-state index in [0.29, 0.717) is 11.2 Å². The minimum Gasteiger partial charge on any atom is -0.459 e. The number of halogens is 1. The molecule has 1 aromatic heterocycles. The van der Waals surface area contributed by atoms with Gasteiger partial charge in [-0.2, -0.15) is 0 Å². The molecule has 1 unspecified atom stereocenters. The van der Waals surface area contributed by atoms with Crippen LogP contribution in [0.25, 0.3) is 0 Å². The lowest BCUT2D eigenvalue weighted by Crippen LogP contribution is -2.51. The van der Waals surface area contributed by atoms with E-state index >= 15 is 0 Å². The Kier molecular flexibility index (Phi) is 5.30. The Hall–Kier alpha value is -1.04. The van der Waals surface area contributed by atoms with E-state index in [1.807, 2.05) is 4.90 Å². The molecule has 1 N–H and O–H groups in total. The number of nitrogens with one attached hydrogen (secondary N) is 1. The zero-order valence-corrected chi connectivity index (χ0v) is 13.3. The SMILES string of the molecule is CC1(CN2CCN(C(=O)c3ccco3)CC2)CCNC1.Cl. The summed E-state index contributed by atoms with van der Waals surface area (Å²) in [5.41, 5.74) is 0.396. The van der Waals surface area contributed by atoms with Crippen molar-refractivity contribution in [3.05, 3.63) is 24.2 Å². The van der Waals surface area contributed by atoms with Crippen molar-refractivity contribution < 1.29 is 9.21 Å². The van der Waals surface area contributed by atoms with E-state index in [-0.39, 0.29) is 18.3 Å². The van der Waals surface area contributed by atoms with Crippen LogP contribution in [0.4, 0.5) is 0 Å². The van der Waals surface area contributed by atoms with Gasteiger partial charge < -0.3 is 14.6 Å². The first-order valence-electron chi connectivity index (χ1n) is 7.42. The van der Waals surface area contributed by atoms with Crippen LogP contribution in [-0.4, -0.2) is 61.5 Å². The summed E-state index contributed by atoms with van der Waals surface area (Å²) in [4.78, 5) is 16.6. The highest BCUT2D eigenvalue weighted by atomic mass is 35.5. The van der Waals surface area contributed by atoms with Crippen molar-refractivity contribution in [3.63, 3.8) is 0 Å². The van der Waals surface area contributed by atoms with Gasteiger partial charge in [0.05, 0.1) is 6.26 Å². The maximum absolute atomic E-state index is 12.2. The largest absolute Gasteiger partial charge is 0.459 e. The van der Waals surface area contributed by atoms with Crippen molar-refractivity contribution in [1.82, 2.24) is 15.1 Å². The van der Waals surface area contributed by atoms with E-state index in [1.165, 1.54) is 6.42 Å². The van der Waals surface area contributed by atoms with E-state index in [4.69, 9.17) is 4.42 Å². The van der Waals surface area contributed by atoms with E-state index in [0.717, 1.165) is 45.8 Å². The quantitative estimate of drug-likeness (QED) is 0.918. The summed E-state index contributed by atoms with van der Waals surface area (Å²) in [7, 11) is 0. The number of carbonyl (C=O) groups is 1. The molecule has 0 aliphatic carbocycles. The first kappa shape index (κ1) is 16.3. The number of piperazine rings is 1. The molecule has 2 saturated heterocycles. The number of furan rings is 1. The monoisotopic (exact) mass is 313 g/mol. The van der Waals surface area contributed by atoms with Crippen LogP contribution in [0.15, 0.2) is 22.8 Å². The molecule has 5 nitrogen and oxygen atoms in total. The molecule has 1 amide bonds. The third kappa shape index (κ3) is 3.78. The van der Waals surface area contributed by atoms with Crippen LogP contribution in [-0.2, 0) is 0 Å². The van der Waals surface area contributed by atoms with Crippen LogP contribution < -0.4 is 5.32 Å². The molecular weight excluding hydrogens is 290 g/mol. The van der Waals surface area contributed by atoms with Gasteiger partial charge in [-0.25, -0.2) is 0 Å². The second-order valence-electron chi connectivity index (χ2n) is 6.28. The van der Waals surface area contributed by atoms with Crippen molar-refractivity contribution in [3.8, 4) is 0 Å². The lowest BCUT2D eigenvalue weighted by atomic mass is 9.89. The molecule has 6 heteroatoms. The summed E-state index contributed by atoms with van der Waals surface area (Å²) in [6.07, 6.45) is 2.80. The van der Waals surface area contributed by atoms with E-state index < -0.39 is 0 Å². The van der Waals surface area contributed by atoms with Gasteiger partial charge in [0.2, 0.25) is 0 Å². The topological polar surface area (TPSA) is 48.7 Å². The van der Waals surface area contributed by atoms with Crippen molar-refractivity contribution in [2.45, 2.75) is 13.3 Å². The molecule has 118 valence electrons. The standard InChI is InChI=1S/C15H23N3O2.ClH/c1-15(4-5-16-11-15)12-17-6-8-18(9-7-17)14(19)13-3-2-10-20-13;/h2-3,10,16H,4-9,11-12H2,1H3;1H. The van der Waals surface area contributed by atoms with Crippen LogP contribution in [0, 0.1) is 5.41 Å². The van der Waals surface area contributed by atoms with Crippen LogP contribution >= 0.6 is 12.4 Å². The average Bonchev–Trinajstić information content (AvgIpc) is 3.10. The second-order valence-corrected chi connectivity index (χ2v) is 6.28. The third-order valence-electron chi connectivity index (χ3n) is 4.45.